The number of hydrogen-bond acceptors (Lipinski definition) is 11. The number of rotatable bonds is 10. The lowest BCUT2D eigenvalue weighted by atomic mass is 10.0. The molecular weight excluding hydrogens is 368 g/mol. The smallest absolute Gasteiger partial charge is 0.303 e. The van der Waals surface area contributed by atoms with Crippen molar-refractivity contribution in [2.75, 3.05) is 6.61 Å². The van der Waals surface area contributed by atoms with Gasteiger partial charge in [-0.15, -0.1) is 0 Å². The SMILES string of the molecule is CC(=O)OC[C@@H](OC(C)=O)[C@H](OC(C)=O)[C@H](OC(C)=O)[C@@H](C=O)OC(C)=O. The highest BCUT2D eigenvalue weighted by Gasteiger charge is 2.43. The van der Waals surface area contributed by atoms with E-state index in [0.29, 0.717) is 0 Å². The molecule has 11 heteroatoms. The van der Waals surface area contributed by atoms with Crippen LogP contribution in [-0.4, -0.2) is 67.2 Å². The first-order valence-corrected chi connectivity index (χ1v) is 7.75. The van der Waals surface area contributed by atoms with Gasteiger partial charge in [0.15, 0.2) is 30.7 Å². The van der Waals surface area contributed by atoms with Crippen LogP contribution in [0.1, 0.15) is 34.6 Å². The first-order chi connectivity index (χ1) is 12.5. The van der Waals surface area contributed by atoms with Crippen LogP contribution in [0.2, 0.25) is 0 Å². The number of carbonyl (C=O) groups excluding carboxylic acids is 6. The summed E-state index contributed by atoms with van der Waals surface area (Å²) in [6.45, 7) is 4.56. The molecule has 0 N–H and O–H groups in total. The first kappa shape index (κ1) is 24.0. The fraction of sp³-hybridized carbons (Fsp3) is 0.625. The minimum Gasteiger partial charge on any atom is -0.462 e. The highest BCUT2D eigenvalue weighted by Crippen LogP contribution is 2.19. The Labute approximate surface area is 155 Å². The summed E-state index contributed by atoms with van der Waals surface area (Å²) in [7, 11) is 0. The third kappa shape index (κ3) is 9.92. The molecule has 0 saturated heterocycles. The maximum atomic E-state index is 11.5. The van der Waals surface area contributed by atoms with Crippen LogP contribution in [-0.2, 0) is 52.5 Å². The van der Waals surface area contributed by atoms with Gasteiger partial charge < -0.3 is 23.7 Å². The van der Waals surface area contributed by atoms with Gasteiger partial charge in [0.25, 0.3) is 0 Å². The van der Waals surface area contributed by atoms with Gasteiger partial charge in [-0.25, -0.2) is 0 Å². The Hall–Kier alpha value is -2.98. The Morgan fingerprint density at radius 2 is 1.11 bits per heavy atom. The summed E-state index contributed by atoms with van der Waals surface area (Å²) in [5.41, 5.74) is 0. The summed E-state index contributed by atoms with van der Waals surface area (Å²) in [6, 6.07) is 0. The predicted molar refractivity (Wildman–Crippen MR) is 84.9 cm³/mol. The number of carbonyl (C=O) groups is 6. The van der Waals surface area contributed by atoms with Gasteiger partial charge >= 0.3 is 29.8 Å². The van der Waals surface area contributed by atoms with E-state index >= 15 is 0 Å². The van der Waals surface area contributed by atoms with E-state index in [2.05, 4.69) is 0 Å². The molecule has 0 saturated carbocycles. The van der Waals surface area contributed by atoms with Crippen molar-refractivity contribution >= 4 is 36.1 Å². The zero-order valence-corrected chi connectivity index (χ0v) is 15.6. The Morgan fingerprint density at radius 3 is 1.48 bits per heavy atom. The Bertz CT molecular complexity index is 583. The van der Waals surface area contributed by atoms with Crippen molar-refractivity contribution in [1.29, 1.82) is 0 Å². The first-order valence-electron chi connectivity index (χ1n) is 7.75. The van der Waals surface area contributed by atoms with Crippen molar-refractivity contribution in [3.05, 3.63) is 0 Å². The molecule has 0 aromatic heterocycles. The zero-order valence-electron chi connectivity index (χ0n) is 15.6. The zero-order chi connectivity index (χ0) is 21.1. The summed E-state index contributed by atoms with van der Waals surface area (Å²) in [5, 5.41) is 0. The van der Waals surface area contributed by atoms with Crippen molar-refractivity contribution in [2.24, 2.45) is 0 Å². The van der Waals surface area contributed by atoms with E-state index in [4.69, 9.17) is 23.7 Å². The van der Waals surface area contributed by atoms with Gasteiger partial charge in [-0.1, -0.05) is 0 Å². The fourth-order valence-corrected chi connectivity index (χ4v) is 2.03. The molecule has 0 radical (unpaired) electrons. The second-order valence-corrected chi connectivity index (χ2v) is 5.31. The van der Waals surface area contributed by atoms with Crippen LogP contribution < -0.4 is 0 Å². The van der Waals surface area contributed by atoms with Crippen molar-refractivity contribution in [3.8, 4) is 0 Å². The summed E-state index contributed by atoms with van der Waals surface area (Å²) in [4.78, 5) is 68.0. The third-order valence-corrected chi connectivity index (χ3v) is 2.82. The highest BCUT2D eigenvalue weighted by atomic mass is 16.6. The van der Waals surface area contributed by atoms with E-state index < -0.39 is 60.9 Å². The maximum Gasteiger partial charge on any atom is 0.303 e. The molecule has 11 nitrogen and oxygen atoms in total. The number of aldehydes is 1. The standard InChI is InChI=1S/C16H22O11/c1-8(18)23-7-14(25-10(3)20)16(27-12(5)22)15(26-11(4)21)13(6-17)24-9(2)19/h6,13-16H,7H2,1-5H3/t13-,14-,15-,16+/m1/s1. The van der Waals surface area contributed by atoms with Crippen molar-refractivity contribution in [3.63, 3.8) is 0 Å². The third-order valence-electron chi connectivity index (χ3n) is 2.82. The van der Waals surface area contributed by atoms with E-state index in [1.165, 1.54) is 0 Å². The fourth-order valence-electron chi connectivity index (χ4n) is 2.03. The Morgan fingerprint density at radius 1 is 0.667 bits per heavy atom. The van der Waals surface area contributed by atoms with Crippen LogP contribution in [0, 0.1) is 0 Å². The molecule has 0 spiro atoms. The Balaban J connectivity index is 6.00. The molecule has 0 fully saturated rings. The van der Waals surface area contributed by atoms with Crippen molar-refractivity contribution < 1.29 is 52.5 Å². The van der Waals surface area contributed by atoms with Crippen LogP contribution in [0.5, 0.6) is 0 Å². The van der Waals surface area contributed by atoms with Crippen LogP contribution in [0.4, 0.5) is 0 Å². The second-order valence-electron chi connectivity index (χ2n) is 5.31. The van der Waals surface area contributed by atoms with Crippen LogP contribution >= 0.6 is 0 Å². The molecule has 4 atom stereocenters. The molecule has 0 aliphatic heterocycles. The normalized spacial score (nSPS) is 14.6. The molecule has 27 heavy (non-hydrogen) atoms. The van der Waals surface area contributed by atoms with Crippen molar-refractivity contribution in [1.82, 2.24) is 0 Å². The molecule has 0 unspecified atom stereocenters. The van der Waals surface area contributed by atoms with Gasteiger partial charge in [0.2, 0.25) is 0 Å². The molecule has 0 rings (SSSR count). The van der Waals surface area contributed by atoms with Gasteiger partial charge in [0.05, 0.1) is 0 Å². The van der Waals surface area contributed by atoms with Crippen molar-refractivity contribution in [2.45, 2.75) is 59.0 Å². The topological polar surface area (TPSA) is 149 Å². The van der Waals surface area contributed by atoms with Crippen LogP contribution in [0.15, 0.2) is 0 Å². The molecular formula is C16H22O11. The molecule has 0 bridgehead atoms. The number of esters is 5. The van der Waals surface area contributed by atoms with Gasteiger partial charge in [-0.2, -0.15) is 0 Å². The minimum atomic E-state index is -1.67. The van der Waals surface area contributed by atoms with Crippen LogP contribution in [0.3, 0.4) is 0 Å². The van der Waals surface area contributed by atoms with Gasteiger partial charge in [-0.05, 0) is 0 Å². The van der Waals surface area contributed by atoms with Crippen LogP contribution in [0.25, 0.3) is 0 Å². The average Bonchev–Trinajstić information content (AvgIpc) is 2.51. The van der Waals surface area contributed by atoms with E-state index in [0.717, 1.165) is 34.6 Å². The lowest BCUT2D eigenvalue weighted by molar-refractivity contribution is -0.201. The molecule has 152 valence electrons. The van der Waals surface area contributed by atoms with E-state index in [-0.39, 0.29) is 6.29 Å². The lowest BCUT2D eigenvalue weighted by Gasteiger charge is -2.33. The van der Waals surface area contributed by atoms with E-state index in [1.54, 1.807) is 0 Å². The largest absolute Gasteiger partial charge is 0.462 e. The summed E-state index contributed by atoms with van der Waals surface area (Å²) in [6.07, 6.45) is -6.23. The summed E-state index contributed by atoms with van der Waals surface area (Å²) in [5.74, 6) is -4.23. The number of ether oxygens (including phenoxy) is 5. The maximum absolute atomic E-state index is 11.5. The summed E-state index contributed by atoms with van der Waals surface area (Å²) >= 11 is 0. The van der Waals surface area contributed by atoms with Gasteiger partial charge in [0, 0.05) is 34.6 Å². The molecule has 0 aliphatic rings. The van der Waals surface area contributed by atoms with E-state index in [1.807, 2.05) is 0 Å². The minimum absolute atomic E-state index is 0.155. The second kappa shape index (κ2) is 11.6. The summed E-state index contributed by atoms with van der Waals surface area (Å²) < 4.78 is 24.6. The molecule has 0 aromatic rings. The predicted octanol–water partition coefficient (Wildman–Crippen LogP) is -0.525. The molecule has 0 amide bonds. The average molecular weight is 390 g/mol. The number of hydrogen-bond donors (Lipinski definition) is 0. The molecule has 0 aliphatic carbocycles. The lowest BCUT2D eigenvalue weighted by Crippen LogP contribution is -2.53. The van der Waals surface area contributed by atoms with Gasteiger partial charge in [0.1, 0.15) is 6.61 Å². The Kier molecular flexibility index (Phi) is 10.3. The highest BCUT2D eigenvalue weighted by molar-refractivity contribution is 5.72. The molecule has 0 aromatic carbocycles. The monoisotopic (exact) mass is 390 g/mol. The van der Waals surface area contributed by atoms with Gasteiger partial charge in [-0.3, -0.25) is 28.8 Å². The molecule has 0 heterocycles. The quantitative estimate of drug-likeness (QED) is 0.269. The van der Waals surface area contributed by atoms with E-state index in [9.17, 15) is 28.8 Å².